The zero-order valence-electron chi connectivity index (χ0n) is 10.1. The summed E-state index contributed by atoms with van der Waals surface area (Å²) in [6.45, 7) is 2.06. The van der Waals surface area contributed by atoms with Crippen molar-refractivity contribution < 1.29 is 81.2 Å². The third-order valence-corrected chi connectivity index (χ3v) is 0.783. The summed E-state index contributed by atoms with van der Waals surface area (Å²) in [5.74, 6) is 0. The molecule has 5 nitrogen and oxygen atoms in total. The zero-order valence-corrected chi connectivity index (χ0v) is 13.8. The second kappa shape index (κ2) is 14.4. The molecule has 13 heavy (non-hydrogen) atoms. The van der Waals surface area contributed by atoms with Gasteiger partial charge >= 0.3 is 66.9 Å². The van der Waals surface area contributed by atoms with Gasteiger partial charge in [0.2, 0.25) is 0 Å². The first kappa shape index (κ1) is 24.5. The van der Waals surface area contributed by atoms with Gasteiger partial charge in [0.05, 0.1) is 5.50 Å². The molecule has 0 aliphatic carbocycles. The second-order valence-corrected chi connectivity index (χ2v) is 3.41. The Hall–Kier alpha value is 2.36. The predicted octanol–water partition coefficient (Wildman–Crippen LogP) is -5.39. The van der Waals surface area contributed by atoms with E-state index in [1.807, 2.05) is 0 Å². The van der Waals surface area contributed by atoms with Gasteiger partial charge in [0.15, 0.2) is 0 Å². The van der Waals surface area contributed by atoms with E-state index < -0.39 is 7.82 Å². The molecule has 74 valence electrons. The number of hydrogen-bond donors (Lipinski definition) is 4. The maximum absolute atomic E-state index is 8.88. The Balaban J connectivity index is -0.0000000215. The normalized spacial score (nSPS) is 11.2. The fourth-order valence-electron chi connectivity index (χ4n) is 0.276. The molecule has 1 unspecified atom stereocenters. The van der Waals surface area contributed by atoms with Crippen LogP contribution < -0.4 is 64.8 Å². The van der Waals surface area contributed by atoms with Gasteiger partial charge in [0.25, 0.3) is 0 Å². The van der Waals surface area contributed by atoms with Gasteiger partial charge in [0.1, 0.15) is 0 Å². The Labute approximate surface area is 130 Å². The van der Waals surface area contributed by atoms with E-state index in [4.69, 9.17) is 36.6 Å². The number of hydrogen-bond acceptors (Lipinski definition) is 2. The van der Waals surface area contributed by atoms with Crippen molar-refractivity contribution in [1.82, 2.24) is 0 Å². The standard InChI is InChI=1S/C4H10ClN.2Na.H3O4P.2H/c1-2-3-4(5)6;;;1-5(2,3)4;;/h4H,2-3,6H2,1H3;;;(H3,1,2,3,4);;/q;2*+1;;2*-1. The number of nitrogens with two attached hydrogens (primary N) is 1. The first-order valence-corrected chi connectivity index (χ1v) is 4.95. The summed E-state index contributed by atoms with van der Waals surface area (Å²) < 4.78 is 8.88. The van der Waals surface area contributed by atoms with Gasteiger partial charge < -0.3 is 23.3 Å². The molecule has 0 aromatic heterocycles. The number of rotatable bonds is 2. The molecule has 0 aliphatic heterocycles. The predicted molar refractivity (Wildman–Crippen MR) is 45.2 cm³/mol. The van der Waals surface area contributed by atoms with Crippen molar-refractivity contribution in [3.63, 3.8) is 0 Å². The molecule has 0 rings (SSSR count). The Morgan fingerprint density at radius 3 is 1.69 bits per heavy atom. The van der Waals surface area contributed by atoms with Gasteiger partial charge in [-0.1, -0.05) is 13.3 Å². The van der Waals surface area contributed by atoms with Crippen LogP contribution in [0.25, 0.3) is 0 Å². The summed E-state index contributed by atoms with van der Waals surface area (Å²) in [6.07, 6.45) is 1.99. The molecule has 0 saturated carbocycles. The smallest absolute Gasteiger partial charge is 1.00 e. The summed E-state index contributed by atoms with van der Waals surface area (Å²) in [7, 11) is -4.64. The Morgan fingerprint density at radius 1 is 1.46 bits per heavy atom. The van der Waals surface area contributed by atoms with Gasteiger partial charge in [-0.2, -0.15) is 0 Å². The zero-order chi connectivity index (χ0) is 9.49. The van der Waals surface area contributed by atoms with E-state index in [-0.39, 0.29) is 67.5 Å². The Kier molecular flexibility index (Phi) is 27.1. The van der Waals surface area contributed by atoms with Gasteiger partial charge in [-0.05, 0) is 6.42 Å². The number of alkyl halides is 1. The van der Waals surface area contributed by atoms with Crippen molar-refractivity contribution in [2.24, 2.45) is 5.73 Å². The molecule has 0 amide bonds. The van der Waals surface area contributed by atoms with E-state index in [0.717, 1.165) is 12.8 Å². The molecule has 5 N–H and O–H groups in total. The van der Waals surface area contributed by atoms with Gasteiger partial charge in [0, 0.05) is 0 Å². The molecule has 0 fully saturated rings. The van der Waals surface area contributed by atoms with Gasteiger partial charge in [-0.3, -0.25) is 0 Å². The molecule has 0 radical (unpaired) electrons. The monoisotopic (exact) mass is 253 g/mol. The minimum atomic E-state index is -4.64. The van der Waals surface area contributed by atoms with Crippen LogP contribution in [0.3, 0.4) is 0 Å². The molecule has 1 atom stereocenters. The summed E-state index contributed by atoms with van der Waals surface area (Å²) in [5.41, 5.74) is 5.04. The fourth-order valence-corrected chi connectivity index (χ4v) is 0.494. The third-order valence-electron chi connectivity index (χ3n) is 0.564. The van der Waals surface area contributed by atoms with E-state index in [1.165, 1.54) is 0 Å². The van der Waals surface area contributed by atoms with Gasteiger partial charge in [-0.25, -0.2) is 4.57 Å². The summed E-state index contributed by atoms with van der Waals surface area (Å²) in [5, 5.41) is 0. The largest absolute Gasteiger partial charge is 1.00 e. The molecule has 0 aliphatic rings. The van der Waals surface area contributed by atoms with E-state index in [0.29, 0.717) is 0 Å². The summed E-state index contributed by atoms with van der Waals surface area (Å²) in [4.78, 5) is 21.6. The van der Waals surface area contributed by atoms with Crippen molar-refractivity contribution in [3.8, 4) is 0 Å². The maximum Gasteiger partial charge on any atom is 1.00 e. The van der Waals surface area contributed by atoms with Gasteiger partial charge in [-0.15, -0.1) is 11.6 Å². The van der Waals surface area contributed by atoms with E-state index in [1.54, 1.807) is 0 Å². The minimum absolute atomic E-state index is 0. The molecule has 0 bridgehead atoms. The quantitative estimate of drug-likeness (QED) is 0.170. The van der Waals surface area contributed by atoms with E-state index in [2.05, 4.69) is 6.92 Å². The van der Waals surface area contributed by atoms with E-state index in [9.17, 15) is 0 Å². The van der Waals surface area contributed by atoms with E-state index >= 15 is 0 Å². The number of phosphoric acid groups is 1. The SMILES string of the molecule is CCCC(N)Cl.O=P(O)(O)O.[H-].[H-].[Na+].[Na+]. The molecule has 0 saturated heterocycles. The first-order chi connectivity index (χ1) is 4.77. The van der Waals surface area contributed by atoms with Crippen molar-refractivity contribution in [3.05, 3.63) is 0 Å². The average molecular weight is 254 g/mol. The van der Waals surface area contributed by atoms with Crippen molar-refractivity contribution in [2.45, 2.75) is 25.3 Å². The van der Waals surface area contributed by atoms with Crippen LogP contribution in [0, 0.1) is 0 Å². The molecule has 0 spiro atoms. The van der Waals surface area contributed by atoms with Crippen LogP contribution in [0.1, 0.15) is 22.6 Å². The Bertz CT molecular complexity index is 134. The molecule has 0 aromatic carbocycles. The number of halogens is 1. The van der Waals surface area contributed by atoms with Crippen LogP contribution >= 0.6 is 19.4 Å². The third kappa shape index (κ3) is 76.4. The van der Waals surface area contributed by atoms with Crippen LogP contribution in [0.5, 0.6) is 0 Å². The molecular formula is C4H15ClNNa2O4P. The molecule has 9 heteroatoms. The van der Waals surface area contributed by atoms with Crippen LogP contribution in [0.2, 0.25) is 0 Å². The topological polar surface area (TPSA) is 104 Å². The molecule has 0 aromatic rings. The van der Waals surface area contributed by atoms with Crippen LogP contribution in [-0.2, 0) is 4.57 Å². The van der Waals surface area contributed by atoms with Crippen LogP contribution in [-0.4, -0.2) is 20.2 Å². The van der Waals surface area contributed by atoms with Crippen LogP contribution in [0.15, 0.2) is 0 Å². The Morgan fingerprint density at radius 2 is 1.69 bits per heavy atom. The summed E-state index contributed by atoms with van der Waals surface area (Å²) in [6, 6.07) is 0. The first-order valence-electron chi connectivity index (χ1n) is 2.95. The van der Waals surface area contributed by atoms with Crippen LogP contribution in [0.4, 0.5) is 0 Å². The van der Waals surface area contributed by atoms with Crippen molar-refractivity contribution in [2.75, 3.05) is 0 Å². The minimum Gasteiger partial charge on any atom is -1.00 e. The van der Waals surface area contributed by atoms with Crippen molar-refractivity contribution >= 4 is 19.4 Å². The molecule has 0 heterocycles. The molecular weight excluding hydrogens is 238 g/mol. The fraction of sp³-hybridized carbons (Fsp3) is 1.00. The second-order valence-electron chi connectivity index (χ2n) is 1.82. The average Bonchev–Trinajstić information content (AvgIpc) is 1.58. The van der Waals surface area contributed by atoms with Crippen molar-refractivity contribution in [1.29, 1.82) is 0 Å². The summed E-state index contributed by atoms with van der Waals surface area (Å²) >= 11 is 5.36. The maximum atomic E-state index is 8.88.